The minimum absolute atomic E-state index is 0. The summed E-state index contributed by atoms with van der Waals surface area (Å²) < 4.78 is 32.9. The number of benzene rings is 2. The number of nitrogens with zero attached hydrogens (tertiary/aromatic N) is 2. The lowest BCUT2D eigenvalue weighted by molar-refractivity contribution is 0.348. The molecule has 1 heterocycles. The molecule has 0 spiro atoms. The van der Waals surface area contributed by atoms with Gasteiger partial charge < -0.3 is 10.3 Å². The minimum Gasteiger partial charge on any atom is -0.339 e. The minimum atomic E-state index is -3.61. The van der Waals surface area contributed by atoms with Gasteiger partial charge in [0.1, 0.15) is 0 Å². The van der Waals surface area contributed by atoms with Crippen LogP contribution in [0, 0.1) is 0 Å². The van der Waals surface area contributed by atoms with Crippen LogP contribution >= 0.6 is 12.4 Å². The summed E-state index contributed by atoms with van der Waals surface area (Å²) in [5.41, 5.74) is 5.81. The van der Waals surface area contributed by atoms with Gasteiger partial charge in [0.05, 0.1) is 10.4 Å². The molecule has 9 heteroatoms. The molecular weight excluding hydrogens is 400 g/mol. The number of hydrogen-bond acceptors (Lipinski definition) is 6. The molecule has 2 aromatic carbocycles. The van der Waals surface area contributed by atoms with Crippen LogP contribution < -0.4 is 10.5 Å². The molecule has 0 unspecified atom stereocenters. The first kappa shape index (κ1) is 20.7. The fourth-order valence-electron chi connectivity index (χ4n) is 3.50. The SMILES string of the molecule is Cl.NC1(c2noc(CCNS(=O)(=O)c3ccc4ccccc4c3)n2)CCCC1. The van der Waals surface area contributed by atoms with E-state index in [-0.39, 0.29) is 23.8 Å². The monoisotopic (exact) mass is 422 g/mol. The highest BCUT2D eigenvalue weighted by atomic mass is 35.5. The van der Waals surface area contributed by atoms with Crippen molar-refractivity contribution < 1.29 is 12.9 Å². The summed E-state index contributed by atoms with van der Waals surface area (Å²) in [7, 11) is -3.61. The van der Waals surface area contributed by atoms with Crippen molar-refractivity contribution in [2.24, 2.45) is 5.73 Å². The normalized spacial score (nSPS) is 16.2. The van der Waals surface area contributed by atoms with Crippen LogP contribution in [0.5, 0.6) is 0 Å². The van der Waals surface area contributed by atoms with Crippen LogP contribution in [0.1, 0.15) is 37.4 Å². The molecular formula is C19H23ClN4O3S. The van der Waals surface area contributed by atoms with E-state index in [9.17, 15) is 8.42 Å². The lowest BCUT2D eigenvalue weighted by Gasteiger charge is -2.17. The van der Waals surface area contributed by atoms with Gasteiger partial charge in [-0.3, -0.25) is 0 Å². The van der Waals surface area contributed by atoms with Crippen molar-refractivity contribution in [3.8, 4) is 0 Å². The van der Waals surface area contributed by atoms with Crippen LogP contribution in [-0.4, -0.2) is 25.1 Å². The third kappa shape index (κ3) is 4.20. The summed E-state index contributed by atoms with van der Waals surface area (Å²) in [6, 6.07) is 12.7. The molecule has 0 aliphatic heterocycles. The van der Waals surface area contributed by atoms with E-state index in [0.29, 0.717) is 18.1 Å². The zero-order valence-electron chi connectivity index (χ0n) is 15.3. The van der Waals surface area contributed by atoms with Gasteiger partial charge in [-0.25, -0.2) is 13.1 Å². The van der Waals surface area contributed by atoms with Crippen LogP contribution in [0.3, 0.4) is 0 Å². The Bertz CT molecular complexity index is 1060. The van der Waals surface area contributed by atoms with Gasteiger partial charge in [0, 0.05) is 13.0 Å². The molecule has 28 heavy (non-hydrogen) atoms. The van der Waals surface area contributed by atoms with Crippen molar-refractivity contribution >= 4 is 33.2 Å². The van der Waals surface area contributed by atoms with Crippen molar-refractivity contribution in [3.05, 3.63) is 54.2 Å². The Balaban J connectivity index is 0.00000225. The number of rotatable bonds is 6. The second kappa shape index (κ2) is 8.16. The quantitative estimate of drug-likeness (QED) is 0.631. The molecule has 1 fully saturated rings. The Hall–Kier alpha value is -2.00. The molecule has 3 aromatic rings. The Morgan fingerprint density at radius 2 is 1.82 bits per heavy atom. The van der Waals surface area contributed by atoms with E-state index in [1.54, 1.807) is 18.2 Å². The standard InChI is InChI=1S/C19H22N4O3S.ClH/c20-19(10-3-4-11-19)18-22-17(26-23-18)9-12-21-27(24,25)16-8-7-14-5-1-2-6-15(14)13-16;/h1-2,5-8,13,21H,3-4,9-12,20H2;1H. The second-order valence-corrected chi connectivity index (χ2v) is 8.80. The smallest absolute Gasteiger partial charge is 0.240 e. The van der Waals surface area contributed by atoms with Crippen molar-refractivity contribution in [3.63, 3.8) is 0 Å². The van der Waals surface area contributed by atoms with Crippen LogP contribution in [0.2, 0.25) is 0 Å². The predicted molar refractivity (Wildman–Crippen MR) is 109 cm³/mol. The van der Waals surface area contributed by atoms with E-state index in [1.807, 2.05) is 24.3 Å². The maximum atomic E-state index is 12.5. The summed E-state index contributed by atoms with van der Waals surface area (Å²) in [5.74, 6) is 0.912. The summed E-state index contributed by atoms with van der Waals surface area (Å²) in [6.45, 7) is 0.175. The maximum absolute atomic E-state index is 12.5. The molecule has 4 rings (SSSR count). The molecule has 0 bridgehead atoms. The highest BCUT2D eigenvalue weighted by molar-refractivity contribution is 7.89. The van der Waals surface area contributed by atoms with Crippen LogP contribution in [0.4, 0.5) is 0 Å². The Morgan fingerprint density at radius 1 is 1.11 bits per heavy atom. The van der Waals surface area contributed by atoms with Crippen LogP contribution in [0.25, 0.3) is 10.8 Å². The first-order valence-corrected chi connectivity index (χ1v) is 10.6. The first-order chi connectivity index (χ1) is 13.0. The molecule has 0 atom stereocenters. The van der Waals surface area contributed by atoms with E-state index in [1.165, 1.54) is 0 Å². The van der Waals surface area contributed by atoms with Crippen LogP contribution in [-0.2, 0) is 22.0 Å². The van der Waals surface area contributed by atoms with Gasteiger partial charge in [0.25, 0.3) is 0 Å². The summed E-state index contributed by atoms with van der Waals surface area (Å²) in [6.07, 6.45) is 4.13. The van der Waals surface area contributed by atoms with Crippen molar-refractivity contribution in [2.75, 3.05) is 6.54 Å². The van der Waals surface area contributed by atoms with E-state index in [0.717, 1.165) is 36.5 Å². The molecule has 0 amide bonds. The first-order valence-electron chi connectivity index (χ1n) is 9.07. The highest BCUT2D eigenvalue weighted by Crippen LogP contribution is 2.34. The Labute approximate surface area is 170 Å². The summed E-state index contributed by atoms with van der Waals surface area (Å²) in [5, 5.41) is 5.87. The molecule has 150 valence electrons. The van der Waals surface area contributed by atoms with E-state index >= 15 is 0 Å². The lowest BCUT2D eigenvalue weighted by atomic mass is 9.99. The number of nitrogens with two attached hydrogens (primary N) is 1. The third-order valence-electron chi connectivity index (χ3n) is 5.07. The third-order valence-corrected chi connectivity index (χ3v) is 6.53. The van der Waals surface area contributed by atoms with Gasteiger partial charge >= 0.3 is 0 Å². The number of sulfonamides is 1. The van der Waals surface area contributed by atoms with Gasteiger partial charge in [0.2, 0.25) is 15.9 Å². The maximum Gasteiger partial charge on any atom is 0.240 e. The summed E-state index contributed by atoms with van der Waals surface area (Å²) >= 11 is 0. The van der Waals surface area contributed by atoms with E-state index < -0.39 is 15.6 Å². The number of fused-ring (bicyclic) bond motifs is 1. The molecule has 1 aliphatic carbocycles. The van der Waals surface area contributed by atoms with Gasteiger partial charge in [-0.2, -0.15) is 4.98 Å². The van der Waals surface area contributed by atoms with Crippen LogP contribution in [0.15, 0.2) is 51.9 Å². The molecule has 1 aliphatic rings. The number of aromatic nitrogens is 2. The zero-order chi connectivity index (χ0) is 18.9. The number of hydrogen-bond donors (Lipinski definition) is 2. The van der Waals surface area contributed by atoms with E-state index in [2.05, 4.69) is 14.9 Å². The molecule has 7 nitrogen and oxygen atoms in total. The second-order valence-electron chi connectivity index (χ2n) is 7.03. The van der Waals surface area contributed by atoms with Gasteiger partial charge in [0.15, 0.2) is 5.82 Å². The fourth-order valence-corrected chi connectivity index (χ4v) is 4.57. The molecule has 3 N–H and O–H groups in total. The molecule has 1 aromatic heterocycles. The van der Waals surface area contributed by atoms with Crippen molar-refractivity contribution in [1.82, 2.24) is 14.9 Å². The average Bonchev–Trinajstić information content (AvgIpc) is 3.31. The average molecular weight is 423 g/mol. The summed E-state index contributed by atoms with van der Waals surface area (Å²) in [4.78, 5) is 4.60. The Kier molecular flexibility index (Phi) is 6.04. The molecule has 1 saturated carbocycles. The zero-order valence-corrected chi connectivity index (χ0v) is 16.9. The lowest BCUT2D eigenvalue weighted by Crippen LogP contribution is -2.34. The van der Waals surface area contributed by atoms with Gasteiger partial charge in [-0.1, -0.05) is 48.3 Å². The Morgan fingerprint density at radius 3 is 2.57 bits per heavy atom. The van der Waals surface area contributed by atoms with Gasteiger partial charge in [-0.05, 0) is 35.7 Å². The highest BCUT2D eigenvalue weighted by Gasteiger charge is 2.35. The van der Waals surface area contributed by atoms with Crippen molar-refractivity contribution in [2.45, 2.75) is 42.5 Å². The van der Waals surface area contributed by atoms with Crippen molar-refractivity contribution in [1.29, 1.82) is 0 Å². The number of nitrogens with one attached hydrogen (secondary N) is 1. The molecule has 0 saturated heterocycles. The molecule has 0 radical (unpaired) electrons. The predicted octanol–water partition coefficient (Wildman–Crippen LogP) is 2.89. The largest absolute Gasteiger partial charge is 0.339 e. The topological polar surface area (TPSA) is 111 Å². The van der Waals surface area contributed by atoms with E-state index in [4.69, 9.17) is 10.3 Å². The van der Waals surface area contributed by atoms with Gasteiger partial charge in [-0.15, -0.1) is 12.4 Å². The fraction of sp³-hybridized carbons (Fsp3) is 0.368. The number of halogens is 1.